The molecule has 0 unspecified atom stereocenters. The van der Waals surface area contributed by atoms with E-state index in [1.54, 1.807) is 6.07 Å². The molecule has 162 valence electrons. The molecule has 0 aliphatic heterocycles. The van der Waals surface area contributed by atoms with Crippen molar-refractivity contribution in [2.24, 2.45) is 0 Å². The van der Waals surface area contributed by atoms with Crippen molar-refractivity contribution in [3.8, 4) is 5.75 Å². The van der Waals surface area contributed by atoms with E-state index < -0.39 is 10.0 Å². The summed E-state index contributed by atoms with van der Waals surface area (Å²) < 4.78 is 33.7. The molecule has 0 bridgehead atoms. The molecule has 0 aromatic heterocycles. The van der Waals surface area contributed by atoms with Gasteiger partial charge in [-0.15, -0.1) is 0 Å². The third kappa shape index (κ3) is 6.55. The van der Waals surface area contributed by atoms with Crippen molar-refractivity contribution >= 4 is 31.9 Å². The highest BCUT2D eigenvalue weighted by molar-refractivity contribution is 9.10. The molecule has 2 aromatic carbocycles. The van der Waals surface area contributed by atoms with E-state index in [-0.39, 0.29) is 16.8 Å². The minimum Gasteiger partial charge on any atom is -0.494 e. The molecule has 0 spiro atoms. The van der Waals surface area contributed by atoms with E-state index in [1.165, 1.54) is 12.1 Å². The van der Waals surface area contributed by atoms with Gasteiger partial charge < -0.3 is 10.1 Å². The van der Waals surface area contributed by atoms with E-state index in [0.29, 0.717) is 29.6 Å². The Morgan fingerprint density at radius 2 is 1.90 bits per heavy atom. The largest absolute Gasteiger partial charge is 0.494 e. The fourth-order valence-corrected chi connectivity index (χ4v) is 4.59. The minimum absolute atomic E-state index is 0.0133. The second kappa shape index (κ2) is 10.4. The maximum Gasteiger partial charge on any atom is 0.252 e. The summed E-state index contributed by atoms with van der Waals surface area (Å²) in [6, 6.07) is 12.4. The molecule has 30 heavy (non-hydrogen) atoms. The van der Waals surface area contributed by atoms with E-state index in [1.807, 2.05) is 24.3 Å². The number of nitrogens with one attached hydrogen (secondary N) is 2. The Kier molecular flexibility index (Phi) is 7.91. The molecular formula is C22H27BrN2O4S. The van der Waals surface area contributed by atoms with Crippen molar-refractivity contribution in [3.05, 3.63) is 58.1 Å². The average molecular weight is 495 g/mol. The number of unbranched alkanes of at least 4 members (excludes halogenated alkanes) is 1. The Labute approximate surface area is 186 Å². The van der Waals surface area contributed by atoms with Gasteiger partial charge in [0.2, 0.25) is 10.0 Å². The Morgan fingerprint density at radius 1 is 1.17 bits per heavy atom. The van der Waals surface area contributed by atoms with Crippen LogP contribution in [-0.2, 0) is 16.4 Å². The van der Waals surface area contributed by atoms with Gasteiger partial charge in [-0.05, 0) is 77.5 Å². The van der Waals surface area contributed by atoms with E-state index in [9.17, 15) is 13.2 Å². The minimum atomic E-state index is -3.61. The van der Waals surface area contributed by atoms with Gasteiger partial charge in [0.05, 0.1) is 17.1 Å². The molecule has 1 amide bonds. The predicted octanol–water partition coefficient (Wildman–Crippen LogP) is 4.04. The number of carbonyl (C=O) groups is 1. The second-order valence-electron chi connectivity index (χ2n) is 7.39. The van der Waals surface area contributed by atoms with Crippen molar-refractivity contribution < 1.29 is 17.9 Å². The third-order valence-electron chi connectivity index (χ3n) is 4.78. The van der Waals surface area contributed by atoms with Crippen LogP contribution >= 0.6 is 15.9 Å². The number of amides is 1. The molecule has 3 rings (SSSR count). The summed E-state index contributed by atoms with van der Waals surface area (Å²) in [5.41, 5.74) is 1.38. The molecule has 0 radical (unpaired) electrons. The lowest BCUT2D eigenvalue weighted by Crippen LogP contribution is -2.28. The molecule has 0 saturated heterocycles. The van der Waals surface area contributed by atoms with Gasteiger partial charge in [0, 0.05) is 17.1 Å². The summed E-state index contributed by atoms with van der Waals surface area (Å²) in [5.74, 6) is 0.530. The monoisotopic (exact) mass is 494 g/mol. The van der Waals surface area contributed by atoms with E-state index >= 15 is 0 Å². The van der Waals surface area contributed by atoms with Gasteiger partial charge >= 0.3 is 0 Å². The lowest BCUT2D eigenvalue weighted by atomic mass is 10.1. The van der Waals surface area contributed by atoms with Crippen molar-refractivity contribution in [3.63, 3.8) is 0 Å². The molecule has 8 heteroatoms. The highest BCUT2D eigenvalue weighted by Crippen LogP contribution is 2.25. The van der Waals surface area contributed by atoms with Crippen LogP contribution in [0.3, 0.4) is 0 Å². The van der Waals surface area contributed by atoms with Crippen LogP contribution in [0.5, 0.6) is 5.75 Å². The summed E-state index contributed by atoms with van der Waals surface area (Å²) in [4.78, 5) is 12.7. The zero-order valence-corrected chi connectivity index (χ0v) is 19.4. The summed E-state index contributed by atoms with van der Waals surface area (Å²) in [6.07, 6.45) is 4.51. The molecule has 1 aliphatic rings. The summed E-state index contributed by atoms with van der Waals surface area (Å²) in [6.45, 7) is 3.28. The smallest absolute Gasteiger partial charge is 0.252 e. The number of carbonyl (C=O) groups excluding carboxylic acids is 1. The van der Waals surface area contributed by atoms with Crippen molar-refractivity contribution in [1.29, 1.82) is 0 Å². The Balaban J connectivity index is 1.55. The zero-order valence-electron chi connectivity index (χ0n) is 17.0. The standard InChI is InChI=1S/C22H27BrN2O4S/c1-2-3-14-29-18-8-4-16(5-9-18)12-13-24-22(26)20-15-19(10-11-21(20)23)30(27,28)25-17-6-7-17/h4-5,8-11,15,17,25H,2-3,6-7,12-14H2,1H3,(H,24,26). The number of sulfonamides is 1. The number of halogens is 1. The van der Waals surface area contributed by atoms with Gasteiger partial charge in [-0.25, -0.2) is 13.1 Å². The first-order chi connectivity index (χ1) is 14.4. The van der Waals surface area contributed by atoms with Crippen molar-refractivity contribution in [2.45, 2.75) is 50.0 Å². The van der Waals surface area contributed by atoms with Gasteiger partial charge in [0.25, 0.3) is 5.91 Å². The predicted molar refractivity (Wildman–Crippen MR) is 120 cm³/mol. The van der Waals surface area contributed by atoms with Crippen LogP contribution < -0.4 is 14.8 Å². The van der Waals surface area contributed by atoms with Crippen LogP contribution in [0.4, 0.5) is 0 Å². The molecule has 0 heterocycles. The van der Waals surface area contributed by atoms with E-state index in [2.05, 4.69) is 32.9 Å². The van der Waals surface area contributed by atoms with Gasteiger partial charge in [-0.1, -0.05) is 25.5 Å². The summed E-state index contributed by atoms with van der Waals surface area (Å²) >= 11 is 3.34. The van der Waals surface area contributed by atoms with Crippen LogP contribution in [0.1, 0.15) is 48.5 Å². The third-order valence-corrected chi connectivity index (χ3v) is 6.99. The first kappa shape index (κ1) is 22.8. The highest BCUT2D eigenvalue weighted by atomic mass is 79.9. The molecule has 1 aliphatic carbocycles. The van der Waals surface area contributed by atoms with Crippen LogP contribution in [-0.4, -0.2) is 33.5 Å². The quantitative estimate of drug-likeness (QED) is 0.461. The normalized spacial score (nSPS) is 13.8. The van der Waals surface area contributed by atoms with Gasteiger partial charge in [-0.3, -0.25) is 4.79 Å². The Hall–Kier alpha value is -1.90. The maximum atomic E-state index is 12.6. The summed E-state index contributed by atoms with van der Waals surface area (Å²) in [7, 11) is -3.61. The van der Waals surface area contributed by atoms with E-state index in [0.717, 1.165) is 37.0 Å². The zero-order chi connectivity index (χ0) is 21.6. The topological polar surface area (TPSA) is 84.5 Å². The lowest BCUT2D eigenvalue weighted by molar-refractivity contribution is 0.0953. The molecule has 1 fully saturated rings. The maximum absolute atomic E-state index is 12.6. The molecular weight excluding hydrogens is 468 g/mol. The molecule has 2 N–H and O–H groups in total. The molecule has 1 saturated carbocycles. The van der Waals surface area contributed by atoms with Crippen molar-refractivity contribution in [1.82, 2.24) is 10.0 Å². The second-order valence-corrected chi connectivity index (χ2v) is 9.96. The van der Waals surface area contributed by atoms with Crippen LogP contribution in [0.15, 0.2) is 51.8 Å². The van der Waals surface area contributed by atoms with Gasteiger partial charge in [-0.2, -0.15) is 0 Å². The molecule has 2 aromatic rings. The van der Waals surface area contributed by atoms with Gasteiger partial charge in [0.1, 0.15) is 5.75 Å². The molecule has 6 nitrogen and oxygen atoms in total. The Bertz CT molecular complexity index is 973. The SMILES string of the molecule is CCCCOc1ccc(CCNC(=O)c2cc(S(=O)(=O)NC3CC3)ccc2Br)cc1. The van der Waals surface area contributed by atoms with Crippen LogP contribution in [0, 0.1) is 0 Å². The molecule has 0 atom stereocenters. The lowest BCUT2D eigenvalue weighted by Gasteiger charge is -2.11. The number of ether oxygens (including phenoxy) is 1. The van der Waals surface area contributed by atoms with E-state index in [4.69, 9.17) is 4.74 Å². The first-order valence-electron chi connectivity index (χ1n) is 10.2. The Morgan fingerprint density at radius 3 is 2.57 bits per heavy atom. The van der Waals surface area contributed by atoms with Crippen molar-refractivity contribution in [2.75, 3.05) is 13.2 Å². The number of hydrogen-bond donors (Lipinski definition) is 2. The fraction of sp³-hybridized carbons (Fsp3) is 0.409. The van der Waals surface area contributed by atoms with Crippen LogP contribution in [0.2, 0.25) is 0 Å². The number of benzene rings is 2. The first-order valence-corrected chi connectivity index (χ1v) is 12.5. The van der Waals surface area contributed by atoms with Gasteiger partial charge in [0.15, 0.2) is 0 Å². The number of hydrogen-bond acceptors (Lipinski definition) is 4. The fourth-order valence-electron chi connectivity index (χ4n) is 2.84. The number of rotatable bonds is 11. The summed E-state index contributed by atoms with van der Waals surface area (Å²) in [5, 5.41) is 2.86. The highest BCUT2D eigenvalue weighted by Gasteiger charge is 2.28. The average Bonchev–Trinajstić information content (AvgIpc) is 3.53. The van der Waals surface area contributed by atoms with Crippen LogP contribution in [0.25, 0.3) is 0 Å².